The molecule has 0 fully saturated rings. The first-order chi connectivity index (χ1) is 9.38. The van der Waals surface area contributed by atoms with Crippen molar-refractivity contribution in [3.63, 3.8) is 0 Å². The van der Waals surface area contributed by atoms with Gasteiger partial charge in [0, 0.05) is 5.56 Å². The summed E-state index contributed by atoms with van der Waals surface area (Å²) in [5, 5.41) is 3.14. The van der Waals surface area contributed by atoms with Crippen molar-refractivity contribution in [2.24, 2.45) is 5.73 Å². The molecule has 1 aromatic heterocycles. The number of rotatable bonds is 2. The highest BCUT2D eigenvalue weighted by molar-refractivity contribution is 7.80. The third kappa shape index (κ3) is 3.24. The fourth-order valence-corrected chi connectivity index (χ4v) is 2.22. The second kappa shape index (κ2) is 6.01. The Labute approximate surface area is 134 Å². The molecule has 104 valence electrons. The average molecular weight is 350 g/mol. The summed E-state index contributed by atoms with van der Waals surface area (Å²) in [6.45, 7) is 0. The molecule has 0 aliphatic heterocycles. The summed E-state index contributed by atoms with van der Waals surface area (Å²) in [6, 6.07) is 6.11. The molecule has 1 aromatic carbocycles. The van der Waals surface area contributed by atoms with E-state index in [1.54, 1.807) is 12.1 Å². The van der Waals surface area contributed by atoms with E-state index >= 15 is 0 Å². The third-order valence-electron chi connectivity index (χ3n) is 2.34. The van der Waals surface area contributed by atoms with Crippen LogP contribution in [-0.4, -0.2) is 11.0 Å². The van der Waals surface area contributed by atoms with Gasteiger partial charge >= 0.3 is 0 Å². The Kier molecular flexibility index (Phi) is 4.55. The highest BCUT2D eigenvalue weighted by Gasteiger charge is 2.15. The van der Waals surface area contributed by atoms with Crippen molar-refractivity contribution in [3.05, 3.63) is 45.1 Å². The van der Waals surface area contributed by atoms with Gasteiger partial charge in [0.1, 0.15) is 5.76 Å². The van der Waals surface area contributed by atoms with Crippen LogP contribution in [0.3, 0.4) is 0 Å². The predicted molar refractivity (Wildman–Crippen MR) is 83.4 cm³/mol. The molecule has 20 heavy (non-hydrogen) atoms. The van der Waals surface area contributed by atoms with Crippen molar-refractivity contribution in [1.29, 1.82) is 0 Å². The van der Waals surface area contributed by atoms with Gasteiger partial charge in [-0.05, 0) is 36.5 Å². The molecule has 0 saturated heterocycles. The SMILES string of the molecule is NC(=S)NC(=O)c1ccc(-c2cc(Cl)c(Cl)cc2Cl)o1. The van der Waals surface area contributed by atoms with Gasteiger partial charge in [0.2, 0.25) is 0 Å². The van der Waals surface area contributed by atoms with Crippen molar-refractivity contribution in [2.75, 3.05) is 0 Å². The van der Waals surface area contributed by atoms with Gasteiger partial charge in [-0.25, -0.2) is 0 Å². The minimum atomic E-state index is -0.542. The zero-order valence-electron chi connectivity index (χ0n) is 9.75. The minimum Gasteiger partial charge on any atom is -0.451 e. The van der Waals surface area contributed by atoms with Crippen molar-refractivity contribution < 1.29 is 9.21 Å². The van der Waals surface area contributed by atoms with Crippen LogP contribution in [0.4, 0.5) is 0 Å². The van der Waals surface area contributed by atoms with Crippen molar-refractivity contribution in [3.8, 4) is 11.3 Å². The summed E-state index contributed by atoms with van der Waals surface area (Å²) in [5.74, 6) is -0.114. The molecule has 0 saturated carbocycles. The fraction of sp³-hybridized carbons (Fsp3) is 0. The lowest BCUT2D eigenvalue weighted by Crippen LogP contribution is -2.34. The van der Waals surface area contributed by atoms with E-state index in [1.807, 2.05) is 0 Å². The summed E-state index contributed by atoms with van der Waals surface area (Å²) in [5.41, 5.74) is 5.74. The van der Waals surface area contributed by atoms with E-state index in [2.05, 4.69) is 17.5 Å². The number of benzene rings is 1. The topological polar surface area (TPSA) is 68.3 Å². The minimum absolute atomic E-state index is 0.0509. The van der Waals surface area contributed by atoms with Gasteiger partial charge in [-0.1, -0.05) is 34.8 Å². The van der Waals surface area contributed by atoms with E-state index in [0.29, 0.717) is 26.4 Å². The molecule has 1 heterocycles. The Morgan fingerprint density at radius 2 is 1.80 bits per heavy atom. The number of nitrogens with one attached hydrogen (secondary N) is 1. The van der Waals surface area contributed by atoms with Crippen LogP contribution < -0.4 is 11.1 Å². The van der Waals surface area contributed by atoms with E-state index in [4.69, 9.17) is 45.0 Å². The number of hydrogen-bond donors (Lipinski definition) is 2. The zero-order chi connectivity index (χ0) is 14.9. The van der Waals surface area contributed by atoms with E-state index in [1.165, 1.54) is 12.1 Å². The highest BCUT2D eigenvalue weighted by Crippen LogP contribution is 2.35. The lowest BCUT2D eigenvalue weighted by Gasteiger charge is -2.04. The van der Waals surface area contributed by atoms with Crippen LogP contribution in [0.2, 0.25) is 15.1 Å². The number of thiocarbonyl (C=S) groups is 1. The summed E-state index contributed by atoms with van der Waals surface area (Å²) in [6.07, 6.45) is 0. The highest BCUT2D eigenvalue weighted by atomic mass is 35.5. The van der Waals surface area contributed by atoms with Crippen molar-refractivity contribution in [2.45, 2.75) is 0 Å². The Hall–Kier alpha value is -1.27. The second-order valence-corrected chi connectivity index (χ2v) is 5.39. The number of carbonyl (C=O) groups excluding carboxylic acids is 1. The molecule has 0 atom stereocenters. The molecule has 2 rings (SSSR count). The number of furan rings is 1. The van der Waals surface area contributed by atoms with Crippen LogP contribution in [0, 0.1) is 0 Å². The zero-order valence-corrected chi connectivity index (χ0v) is 12.8. The number of amides is 1. The number of carbonyl (C=O) groups is 1. The second-order valence-electron chi connectivity index (χ2n) is 3.73. The molecule has 0 aliphatic rings. The smallest absolute Gasteiger partial charge is 0.293 e. The molecule has 0 bridgehead atoms. The molecule has 4 nitrogen and oxygen atoms in total. The van der Waals surface area contributed by atoms with Crippen molar-refractivity contribution in [1.82, 2.24) is 5.32 Å². The maximum atomic E-state index is 11.7. The van der Waals surface area contributed by atoms with E-state index in [-0.39, 0.29) is 10.9 Å². The van der Waals surface area contributed by atoms with E-state index in [9.17, 15) is 4.79 Å². The van der Waals surface area contributed by atoms with Crippen LogP contribution in [0.15, 0.2) is 28.7 Å². The van der Waals surface area contributed by atoms with Crippen LogP contribution in [0.25, 0.3) is 11.3 Å². The maximum Gasteiger partial charge on any atom is 0.293 e. The Morgan fingerprint density at radius 3 is 2.45 bits per heavy atom. The molecule has 1 amide bonds. The third-order valence-corrected chi connectivity index (χ3v) is 3.48. The van der Waals surface area contributed by atoms with Crippen LogP contribution in [0.5, 0.6) is 0 Å². The first-order valence-corrected chi connectivity index (χ1v) is 6.78. The summed E-state index contributed by atoms with van der Waals surface area (Å²) in [7, 11) is 0. The van der Waals surface area contributed by atoms with Gasteiger partial charge in [-0.3, -0.25) is 10.1 Å². The largest absolute Gasteiger partial charge is 0.451 e. The Balaban J connectivity index is 2.36. The van der Waals surface area contributed by atoms with Gasteiger partial charge in [0.15, 0.2) is 10.9 Å². The Bertz CT molecular complexity index is 700. The molecular weight excluding hydrogens is 343 g/mol. The monoisotopic (exact) mass is 348 g/mol. The van der Waals surface area contributed by atoms with Gasteiger partial charge in [0.05, 0.1) is 15.1 Å². The molecular formula is C12H7Cl3N2O2S. The van der Waals surface area contributed by atoms with Crippen molar-refractivity contribution >= 4 is 58.0 Å². The van der Waals surface area contributed by atoms with E-state index < -0.39 is 5.91 Å². The van der Waals surface area contributed by atoms with Crippen LogP contribution >= 0.6 is 47.0 Å². The fourth-order valence-electron chi connectivity index (χ4n) is 1.49. The summed E-state index contributed by atoms with van der Waals surface area (Å²) in [4.78, 5) is 11.7. The summed E-state index contributed by atoms with van der Waals surface area (Å²) >= 11 is 22.4. The van der Waals surface area contributed by atoms with Gasteiger partial charge in [0.25, 0.3) is 5.91 Å². The first-order valence-electron chi connectivity index (χ1n) is 5.24. The molecule has 0 spiro atoms. The molecule has 0 radical (unpaired) electrons. The molecule has 2 aromatic rings. The molecule has 3 N–H and O–H groups in total. The van der Waals surface area contributed by atoms with Crippen LogP contribution in [-0.2, 0) is 0 Å². The lowest BCUT2D eigenvalue weighted by molar-refractivity contribution is 0.0951. The molecule has 8 heteroatoms. The molecule has 0 unspecified atom stereocenters. The summed E-state index contributed by atoms with van der Waals surface area (Å²) < 4.78 is 5.39. The van der Waals surface area contributed by atoms with Gasteiger partial charge in [-0.15, -0.1) is 0 Å². The van der Waals surface area contributed by atoms with Crippen LogP contribution in [0.1, 0.15) is 10.6 Å². The predicted octanol–water partition coefficient (Wildman–Crippen LogP) is 3.88. The normalized spacial score (nSPS) is 10.3. The lowest BCUT2D eigenvalue weighted by atomic mass is 10.2. The number of halogens is 3. The first kappa shape index (κ1) is 15.1. The quantitative estimate of drug-likeness (QED) is 0.638. The number of nitrogens with two attached hydrogens (primary N) is 1. The molecule has 0 aliphatic carbocycles. The Morgan fingerprint density at radius 1 is 1.15 bits per heavy atom. The number of hydrogen-bond acceptors (Lipinski definition) is 3. The van der Waals surface area contributed by atoms with Gasteiger partial charge < -0.3 is 10.2 Å². The van der Waals surface area contributed by atoms with Gasteiger partial charge in [-0.2, -0.15) is 0 Å². The standard InChI is InChI=1S/C12H7Cl3N2O2S/c13-6-4-8(15)7(14)3-5(6)9-1-2-10(19-9)11(18)17-12(16)20/h1-4H,(H3,16,17,18,20). The maximum absolute atomic E-state index is 11.7. The van der Waals surface area contributed by atoms with E-state index in [0.717, 1.165) is 0 Å². The average Bonchev–Trinajstić information content (AvgIpc) is 2.82.